The van der Waals surface area contributed by atoms with Gasteiger partial charge < -0.3 is 9.47 Å². The van der Waals surface area contributed by atoms with Gasteiger partial charge in [0.1, 0.15) is 18.9 Å². The summed E-state index contributed by atoms with van der Waals surface area (Å²) in [6.45, 7) is 1.30. The minimum Gasteiger partial charge on any atom is -0.493 e. The van der Waals surface area contributed by atoms with E-state index in [1.807, 2.05) is 18.2 Å². The molecule has 0 fully saturated rings. The zero-order valence-electron chi connectivity index (χ0n) is 15.3. The smallest absolute Gasteiger partial charge is 0.213 e. The van der Waals surface area contributed by atoms with Crippen molar-refractivity contribution < 1.29 is 9.47 Å². The number of pyridine rings is 1. The fourth-order valence-electron chi connectivity index (χ4n) is 3.10. The van der Waals surface area contributed by atoms with Crippen LogP contribution in [0.5, 0.6) is 11.6 Å². The summed E-state index contributed by atoms with van der Waals surface area (Å²) in [5.41, 5.74) is 2.07. The Morgan fingerprint density at radius 1 is 1.14 bits per heavy atom. The van der Waals surface area contributed by atoms with Gasteiger partial charge in [0.15, 0.2) is 11.6 Å². The van der Waals surface area contributed by atoms with Gasteiger partial charge in [0, 0.05) is 23.2 Å². The summed E-state index contributed by atoms with van der Waals surface area (Å²) in [4.78, 5) is 10.4. The second-order valence-corrected chi connectivity index (χ2v) is 7.33. The number of aromatic nitrogens is 7. The average Bonchev–Trinajstić information content (AvgIpc) is 3.48. The largest absolute Gasteiger partial charge is 0.493 e. The maximum Gasteiger partial charge on any atom is 0.213 e. The summed E-state index contributed by atoms with van der Waals surface area (Å²) < 4.78 is 14.1. The predicted octanol–water partition coefficient (Wildman–Crippen LogP) is 2.58. The molecule has 4 aromatic rings. The Morgan fingerprint density at radius 2 is 2.03 bits per heavy atom. The predicted molar refractivity (Wildman–Crippen MR) is 106 cm³/mol. The van der Waals surface area contributed by atoms with Crippen LogP contribution in [0.25, 0.3) is 5.69 Å². The maximum absolute atomic E-state index is 5.83. The maximum atomic E-state index is 5.83. The molecule has 1 aromatic carbocycles. The number of halogens is 1. The van der Waals surface area contributed by atoms with Crippen molar-refractivity contribution in [1.82, 2.24) is 34.7 Å². The summed E-state index contributed by atoms with van der Waals surface area (Å²) in [7, 11) is 0. The number of benzene rings is 1. The highest BCUT2D eigenvalue weighted by Gasteiger charge is 2.17. The topological polar surface area (TPSA) is 92.8 Å². The van der Waals surface area contributed by atoms with Gasteiger partial charge in [-0.1, -0.05) is 0 Å². The molecule has 10 heteroatoms. The first kappa shape index (κ1) is 17.8. The number of hydrogen-bond donors (Lipinski definition) is 0. The van der Waals surface area contributed by atoms with E-state index in [-0.39, 0.29) is 6.61 Å². The fraction of sp³-hybridized carbons (Fsp3) is 0.211. The number of ether oxygens (including phenoxy) is 2. The van der Waals surface area contributed by atoms with Crippen LogP contribution in [0.3, 0.4) is 0 Å². The third-order valence-electron chi connectivity index (χ3n) is 4.43. The molecule has 29 heavy (non-hydrogen) atoms. The highest BCUT2D eigenvalue weighted by atomic mass is 79.9. The molecule has 1 aliphatic rings. The fourth-order valence-corrected chi connectivity index (χ4v) is 3.34. The van der Waals surface area contributed by atoms with E-state index in [1.54, 1.807) is 29.3 Å². The Bertz CT molecular complexity index is 1130. The molecule has 9 nitrogen and oxygen atoms in total. The van der Waals surface area contributed by atoms with E-state index in [4.69, 9.17) is 9.47 Å². The summed E-state index contributed by atoms with van der Waals surface area (Å²) in [5.74, 6) is 2.70. The molecule has 0 unspecified atom stereocenters. The van der Waals surface area contributed by atoms with Crippen molar-refractivity contribution in [3.8, 4) is 17.3 Å². The molecule has 4 heterocycles. The van der Waals surface area contributed by atoms with Crippen molar-refractivity contribution in [3.63, 3.8) is 0 Å². The van der Waals surface area contributed by atoms with Crippen LogP contribution in [0, 0.1) is 0 Å². The van der Waals surface area contributed by atoms with E-state index < -0.39 is 0 Å². The molecule has 5 rings (SSSR count). The zero-order valence-corrected chi connectivity index (χ0v) is 16.9. The van der Waals surface area contributed by atoms with Crippen molar-refractivity contribution >= 4 is 15.9 Å². The molecule has 0 atom stereocenters. The quantitative estimate of drug-likeness (QED) is 0.442. The van der Waals surface area contributed by atoms with Crippen LogP contribution in [-0.4, -0.2) is 41.3 Å². The third kappa shape index (κ3) is 3.83. The highest BCUT2D eigenvalue weighted by molar-refractivity contribution is 9.10. The number of hydrogen-bond acceptors (Lipinski definition) is 7. The SMILES string of the molecule is Brc1ccc(OCc2nc(Cn3nccn3)nn2-c2ccc3c(c2)CCO3)nc1. The molecule has 3 aromatic heterocycles. The summed E-state index contributed by atoms with van der Waals surface area (Å²) in [6.07, 6.45) is 5.83. The van der Waals surface area contributed by atoms with Gasteiger partial charge in [-0.3, -0.25) is 0 Å². The van der Waals surface area contributed by atoms with Crippen LogP contribution in [0.2, 0.25) is 0 Å². The Balaban J connectivity index is 1.45. The van der Waals surface area contributed by atoms with Crippen LogP contribution in [0.4, 0.5) is 0 Å². The molecule has 0 amide bonds. The van der Waals surface area contributed by atoms with E-state index in [2.05, 4.69) is 47.3 Å². The van der Waals surface area contributed by atoms with Crippen LogP contribution >= 0.6 is 15.9 Å². The minimum absolute atomic E-state index is 0.224. The standard InChI is InChI=1S/C19H16BrN7O2/c20-14-1-4-19(21-10-14)29-12-18-24-17(11-26-22-6-7-23-26)25-27(18)15-2-3-16-13(9-15)5-8-28-16/h1-4,6-7,9-10H,5,8,11-12H2. The molecule has 0 aliphatic carbocycles. The third-order valence-corrected chi connectivity index (χ3v) is 4.90. The number of nitrogens with zero attached hydrogens (tertiary/aromatic N) is 7. The van der Waals surface area contributed by atoms with Gasteiger partial charge in [0.25, 0.3) is 0 Å². The Labute approximate surface area is 174 Å². The van der Waals surface area contributed by atoms with Gasteiger partial charge >= 0.3 is 0 Å². The average molecular weight is 454 g/mol. The van der Waals surface area contributed by atoms with Crippen LogP contribution in [0.15, 0.2) is 53.4 Å². The van der Waals surface area contributed by atoms with Gasteiger partial charge in [-0.2, -0.15) is 15.0 Å². The van der Waals surface area contributed by atoms with E-state index in [9.17, 15) is 0 Å². The summed E-state index contributed by atoms with van der Waals surface area (Å²) >= 11 is 3.37. The molecule has 146 valence electrons. The van der Waals surface area contributed by atoms with Crippen LogP contribution in [0.1, 0.15) is 17.2 Å². The highest BCUT2D eigenvalue weighted by Crippen LogP contribution is 2.27. The first-order valence-corrected chi connectivity index (χ1v) is 9.83. The second-order valence-electron chi connectivity index (χ2n) is 6.41. The normalized spacial score (nSPS) is 12.6. The Hall–Kier alpha value is -3.27. The van der Waals surface area contributed by atoms with E-state index in [0.29, 0.717) is 30.7 Å². The van der Waals surface area contributed by atoms with Gasteiger partial charge in [0.2, 0.25) is 5.88 Å². The lowest BCUT2D eigenvalue weighted by Crippen LogP contribution is -2.07. The molecule has 0 saturated carbocycles. The van der Waals surface area contributed by atoms with Gasteiger partial charge in [-0.25, -0.2) is 14.6 Å². The van der Waals surface area contributed by atoms with Crippen molar-refractivity contribution in [3.05, 3.63) is 70.6 Å². The first-order valence-electron chi connectivity index (χ1n) is 9.04. The molecule has 1 aliphatic heterocycles. The zero-order chi connectivity index (χ0) is 19.6. The van der Waals surface area contributed by atoms with Gasteiger partial charge in [-0.05, 0) is 45.8 Å². The monoisotopic (exact) mass is 453 g/mol. The Morgan fingerprint density at radius 3 is 2.86 bits per heavy atom. The lowest BCUT2D eigenvalue weighted by Gasteiger charge is -2.08. The minimum atomic E-state index is 0.224. The second kappa shape index (κ2) is 7.63. The van der Waals surface area contributed by atoms with Crippen LogP contribution in [-0.2, 0) is 19.6 Å². The van der Waals surface area contributed by atoms with E-state index >= 15 is 0 Å². The van der Waals surface area contributed by atoms with Crippen molar-refractivity contribution in [2.45, 2.75) is 19.6 Å². The van der Waals surface area contributed by atoms with Crippen molar-refractivity contribution in [1.29, 1.82) is 0 Å². The number of rotatable bonds is 6. The first-order chi connectivity index (χ1) is 14.2. The molecule has 0 radical (unpaired) electrons. The van der Waals surface area contributed by atoms with Crippen molar-refractivity contribution in [2.24, 2.45) is 0 Å². The van der Waals surface area contributed by atoms with E-state index in [1.165, 1.54) is 4.80 Å². The van der Waals surface area contributed by atoms with Crippen molar-refractivity contribution in [2.75, 3.05) is 6.61 Å². The molecule has 0 bridgehead atoms. The van der Waals surface area contributed by atoms with Crippen LogP contribution < -0.4 is 9.47 Å². The van der Waals surface area contributed by atoms with Gasteiger partial charge in [0.05, 0.1) is 24.7 Å². The molecule has 0 spiro atoms. The summed E-state index contributed by atoms with van der Waals surface area (Å²) in [5, 5.41) is 12.9. The number of fused-ring (bicyclic) bond motifs is 1. The Kier molecular flexibility index (Phi) is 4.68. The molecular formula is C19H16BrN7O2. The molecular weight excluding hydrogens is 438 g/mol. The lowest BCUT2D eigenvalue weighted by molar-refractivity contribution is 0.281. The lowest BCUT2D eigenvalue weighted by atomic mass is 10.1. The molecule has 0 N–H and O–H groups in total. The summed E-state index contributed by atoms with van der Waals surface area (Å²) in [6, 6.07) is 9.69. The van der Waals surface area contributed by atoms with Gasteiger partial charge in [-0.15, -0.1) is 5.10 Å². The molecule has 0 saturated heterocycles. The van der Waals surface area contributed by atoms with E-state index in [0.717, 1.165) is 27.9 Å².